The van der Waals surface area contributed by atoms with Crippen LogP contribution in [-0.2, 0) is 0 Å². The van der Waals surface area contributed by atoms with Gasteiger partial charge in [-0.2, -0.15) is 0 Å². The van der Waals surface area contributed by atoms with Gasteiger partial charge in [0.05, 0.1) is 0 Å². The van der Waals surface area contributed by atoms with E-state index in [1.54, 1.807) is 11.8 Å². The quantitative estimate of drug-likeness (QED) is 0.466. The van der Waals surface area contributed by atoms with Crippen LogP contribution in [0, 0.1) is 11.2 Å². The van der Waals surface area contributed by atoms with Gasteiger partial charge in [-0.05, 0) is 25.0 Å². The molecule has 1 saturated carbocycles. The Morgan fingerprint density at radius 1 is 1.57 bits per heavy atom. The van der Waals surface area contributed by atoms with Crippen LogP contribution >= 0.6 is 11.8 Å². The van der Waals surface area contributed by atoms with Crippen molar-refractivity contribution in [2.75, 3.05) is 0 Å². The molecule has 0 heterocycles. The second-order valence-corrected chi connectivity index (χ2v) is 2.78. The normalized spacial score (nSPS) is 17.9. The van der Waals surface area contributed by atoms with E-state index < -0.39 is 0 Å². The van der Waals surface area contributed by atoms with Gasteiger partial charge in [-0.1, -0.05) is 17.7 Å². The first kappa shape index (κ1) is 5.05. The van der Waals surface area contributed by atoms with E-state index >= 15 is 0 Å². The molecule has 0 unspecified atom stereocenters. The zero-order valence-corrected chi connectivity index (χ0v) is 5.22. The Bertz CT molecular complexity index is 103. The van der Waals surface area contributed by atoms with Crippen molar-refractivity contribution in [3.05, 3.63) is 0 Å². The molecule has 0 nitrogen and oxygen atoms in total. The van der Waals surface area contributed by atoms with E-state index in [9.17, 15) is 0 Å². The molecule has 0 N–H and O–H groups in total. The summed E-state index contributed by atoms with van der Waals surface area (Å²) in [4.78, 5) is 0. The summed E-state index contributed by atoms with van der Waals surface area (Å²) in [5.41, 5.74) is 0. The zero-order valence-electron chi connectivity index (χ0n) is 4.40. The smallest absolute Gasteiger partial charge is 0.0172 e. The highest BCUT2D eigenvalue weighted by atomic mass is 32.2. The van der Waals surface area contributed by atoms with Gasteiger partial charge in [0.2, 0.25) is 0 Å². The maximum atomic E-state index is 2.98. The van der Waals surface area contributed by atoms with Crippen LogP contribution in [0.25, 0.3) is 0 Å². The van der Waals surface area contributed by atoms with E-state index in [1.807, 2.05) is 6.92 Å². The molecule has 0 amide bonds. The fourth-order valence-electron chi connectivity index (χ4n) is 0.328. The molecule has 0 bridgehead atoms. The maximum absolute atomic E-state index is 2.98. The molecular weight excluding hydrogens is 104 g/mol. The third kappa shape index (κ3) is 1.89. The Kier molecular flexibility index (Phi) is 1.64. The fourth-order valence-corrected chi connectivity index (χ4v) is 0.984. The first-order valence-electron chi connectivity index (χ1n) is 2.51. The molecule has 38 valence electrons. The van der Waals surface area contributed by atoms with Crippen molar-refractivity contribution in [1.82, 2.24) is 0 Å². The monoisotopic (exact) mass is 112 g/mol. The Morgan fingerprint density at radius 2 is 2.29 bits per heavy atom. The molecule has 1 rings (SSSR count). The predicted molar refractivity (Wildman–Crippen MR) is 34.1 cm³/mol. The highest BCUT2D eigenvalue weighted by molar-refractivity contribution is 8.04. The van der Waals surface area contributed by atoms with Crippen molar-refractivity contribution in [1.29, 1.82) is 0 Å². The van der Waals surface area contributed by atoms with Crippen molar-refractivity contribution in [3.8, 4) is 11.2 Å². The summed E-state index contributed by atoms with van der Waals surface area (Å²) in [7, 11) is 0. The summed E-state index contributed by atoms with van der Waals surface area (Å²) in [6.45, 7) is 1.88. The van der Waals surface area contributed by atoms with Gasteiger partial charge in [-0.3, -0.25) is 0 Å². The Hall–Kier alpha value is -0.0900. The minimum Gasteiger partial charge on any atom is -0.0947 e. The molecule has 0 aromatic carbocycles. The average Bonchev–Trinajstić information content (AvgIpc) is 2.42. The predicted octanol–water partition coefficient (Wildman–Crippen LogP) is 1.86. The SMILES string of the molecule is CC#CSC1CC1. The van der Waals surface area contributed by atoms with Crippen LogP contribution in [-0.4, -0.2) is 5.25 Å². The van der Waals surface area contributed by atoms with Crippen LogP contribution < -0.4 is 0 Å². The molecule has 0 atom stereocenters. The summed E-state index contributed by atoms with van der Waals surface area (Å²) in [6, 6.07) is 0. The van der Waals surface area contributed by atoms with Gasteiger partial charge >= 0.3 is 0 Å². The van der Waals surface area contributed by atoms with E-state index in [4.69, 9.17) is 0 Å². The highest BCUT2D eigenvalue weighted by Gasteiger charge is 2.20. The second-order valence-electron chi connectivity index (χ2n) is 1.67. The van der Waals surface area contributed by atoms with Gasteiger partial charge in [-0.25, -0.2) is 0 Å². The first-order chi connectivity index (χ1) is 3.43. The summed E-state index contributed by atoms with van der Waals surface area (Å²) in [6.07, 6.45) is 2.78. The van der Waals surface area contributed by atoms with Gasteiger partial charge in [0.15, 0.2) is 0 Å². The van der Waals surface area contributed by atoms with E-state index in [2.05, 4.69) is 11.2 Å². The van der Waals surface area contributed by atoms with E-state index in [0.717, 1.165) is 5.25 Å². The Labute approximate surface area is 48.7 Å². The third-order valence-corrected chi connectivity index (χ3v) is 1.98. The minimum atomic E-state index is 0.896. The number of rotatable bonds is 1. The lowest BCUT2D eigenvalue weighted by Crippen LogP contribution is -1.61. The van der Waals surface area contributed by atoms with Crippen LogP contribution in [0.4, 0.5) is 0 Å². The van der Waals surface area contributed by atoms with Crippen molar-refractivity contribution in [2.24, 2.45) is 0 Å². The molecule has 0 radical (unpaired) electrons. The van der Waals surface area contributed by atoms with Crippen LogP contribution in [0.5, 0.6) is 0 Å². The molecule has 1 aliphatic carbocycles. The summed E-state index contributed by atoms with van der Waals surface area (Å²) < 4.78 is 0. The van der Waals surface area contributed by atoms with Crippen LogP contribution in [0.2, 0.25) is 0 Å². The summed E-state index contributed by atoms with van der Waals surface area (Å²) in [5, 5.41) is 3.87. The van der Waals surface area contributed by atoms with Gasteiger partial charge in [0.25, 0.3) is 0 Å². The van der Waals surface area contributed by atoms with Crippen molar-refractivity contribution in [3.63, 3.8) is 0 Å². The lowest BCUT2D eigenvalue weighted by atomic mass is 10.8. The number of hydrogen-bond acceptors (Lipinski definition) is 1. The maximum Gasteiger partial charge on any atom is 0.0172 e. The topological polar surface area (TPSA) is 0 Å². The van der Waals surface area contributed by atoms with Gasteiger partial charge in [-0.15, -0.1) is 0 Å². The van der Waals surface area contributed by atoms with E-state index in [-0.39, 0.29) is 0 Å². The molecule has 1 fully saturated rings. The van der Waals surface area contributed by atoms with Crippen LogP contribution in [0.1, 0.15) is 19.8 Å². The summed E-state index contributed by atoms with van der Waals surface area (Å²) in [5.74, 6) is 2.85. The lowest BCUT2D eigenvalue weighted by Gasteiger charge is -1.75. The molecule has 1 heteroatoms. The lowest BCUT2D eigenvalue weighted by molar-refractivity contribution is 1.50. The van der Waals surface area contributed by atoms with E-state index in [1.165, 1.54) is 12.8 Å². The van der Waals surface area contributed by atoms with Crippen LogP contribution in [0.3, 0.4) is 0 Å². The number of thioether (sulfide) groups is 1. The van der Waals surface area contributed by atoms with Gasteiger partial charge in [0, 0.05) is 5.25 Å². The minimum absolute atomic E-state index is 0.896. The van der Waals surface area contributed by atoms with Crippen molar-refractivity contribution >= 4 is 11.8 Å². The van der Waals surface area contributed by atoms with Crippen molar-refractivity contribution < 1.29 is 0 Å². The largest absolute Gasteiger partial charge is 0.0947 e. The molecule has 0 aromatic rings. The Balaban J connectivity index is 2.05. The zero-order chi connectivity index (χ0) is 5.11. The molecule has 0 saturated heterocycles. The molecule has 0 spiro atoms. The molecule has 0 aromatic heterocycles. The Morgan fingerprint density at radius 3 is 2.71 bits per heavy atom. The van der Waals surface area contributed by atoms with E-state index in [0.29, 0.717) is 0 Å². The first-order valence-corrected chi connectivity index (χ1v) is 3.39. The average molecular weight is 112 g/mol. The van der Waals surface area contributed by atoms with Crippen molar-refractivity contribution in [2.45, 2.75) is 25.0 Å². The molecular formula is C6H8S. The fraction of sp³-hybridized carbons (Fsp3) is 0.667. The summed E-state index contributed by atoms with van der Waals surface area (Å²) >= 11 is 1.78. The molecule has 0 aliphatic heterocycles. The standard InChI is InChI=1S/C6H8S/c1-2-5-7-6-3-4-6/h6H,3-4H2,1H3. The second kappa shape index (κ2) is 2.28. The van der Waals surface area contributed by atoms with Gasteiger partial charge < -0.3 is 0 Å². The molecule has 7 heavy (non-hydrogen) atoms. The van der Waals surface area contributed by atoms with Crippen LogP contribution in [0.15, 0.2) is 0 Å². The number of hydrogen-bond donors (Lipinski definition) is 0. The van der Waals surface area contributed by atoms with Gasteiger partial charge in [0.1, 0.15) is 0 Å². The highest BCUT2D eigenvalue weighted by Crippen LogP contribution is 2.32. The third-order valence-electron chi connectivity index (χ3n) is 0.852. The molecule has 1 aliphatic rings.